The Morgan fingerprint density at radius 2 is 2.25 bits per heavy atom. The zero-order valence-corrected chi connectivity index (χ0v) is 10.0. The molecule has 0 bridgehead atoms. The molecule has 0 aliphatic carbocycles. The lowest BCUT2D eigenvalue weighted by Gasteiger charge is -1.99. The number of hydrogen-bond acceptors (Lipinski definition) is 4. The highest BCUT2D eigenvalue weighted by Gasteiger charge is 2.17. The topological polar surface area (TPSA) is 64.9 Å². The summed E-state index contributed by atoms with van der Waals surface area (Å²) in [6.45, 7) is 1.73. The molecular formula is C10H9BrFN3O. The molecule has 0 aliphatic rings. The minimum Gasteiger partial charge on any atom is -0.334 e. The number of halogens is 2. The maximum atomic E-state index is 13.6. The van der Waals surface area contributed by atoms with Gasteiger partial charge in [0, 0.05) is 4.47 Å². The van der Waals surface area contributed by atoms with E-state index in [-0.39, 0.29) is 17.5 Å². The second-order valence-electron chi connectivity index (χ2n) is 3.34. The molecule has 6 heteroatoms. The van der Waals surface area contributed by atoms with Gasteiger partial charge in [-0.3, -0.25) is 0 Å². The number of hydrogen-bond donors (Lipinski definition) is 1. The number of nitrogens with zero attached hydrogens (tertiary/aromatic N) is 2. The predicted octanol–water partition coefficient (Wildman–Crippen LogP) is 2.66. The molecule has 1 aromatic carbocycles. The van der Waals surface area contributed by atoms with E-state index in [0.29, 0.717) is 10.3 Å². The molecule has 0 saturated heterocycles. The zero-order chi connectivity index (χ0) is 11.7. The first-order chi connectivity index (χ1) is 7.59. The Hall–Kier alpha value is -1.27. The molecule has 0 spiro atoms. The second kappa shape index (κ2) is 4.31. The average molecular weight is 286 g/mol. The summed E-state index contributed by atoms with van der Waals surface area (Å²) in [5.74, 6) is 0.0525. The molecule has 0 amide bonds. The molecule has 84 valence electrons. The van der Waals surface area contributed by atoms with Crippen LogP contribution in [-0.2, 0) is 0 Å². The van der Waals surface area contributed by atoms with Crippen molar-refractivity contribution in [2.75, 3.05) is 0 Å². The highest BCUT2D eigenvalue weighted by atomic mass is 79.9. The Morgan fingerprint density at radius 1 is 1.50 bits per heavy atom. The molecule has 1 aromatic heterocycles. The van der Waals surface area contributed by atoms with Gasteiger partial charge in [0.05, 0.1) is 11.6 Å². The standard InChI is InChI=1S/C10H9BrFN3O/c1-5(13)9-14-10(16-15-9)8-6(11)3-2-4-7(8)12/h2-5H,13H2,1H3. The predicted molar refractivity (Wildman–Crippen MR) is 60.0 cm³/mol. The van der Waals surface area contributed by atoms with Crippen molar-refractivity contribution in [3.8, 4) is 11.5 Å². The SMILES string of the molecule is CC(N)c1noc(-c2c(F)cccc2Br)n1. The molecule has 0 aliphatic heterocycles. The van der Waals surface area contributed by atoms with Gasteiger partial charge < -0.3 is 10.3 Å². The minimum absolute atomic E-state index is 0.122. The van der Waals surface area contributed by atoms with Gasteiger partial charge in [-0.15, -0.1) is 0 Å². The van der Waals surface area contributed by atoms with Crippen LogP contribution in [0.2, 0.25) is 0 Å². The van der Waals surface area contributed by atoms with E-state index in [1.807, 2.05) is 0 Å². The Balaban J connectivity index is 2.50. The molecule has 0 radical (unpaired) electrons. The maximum absolute atomic E-state index is 13.6. The van der Waals surface area contributed by atoms with Crippen LogP contribution in [0.15, 0.2) is 27.2 Å². The van der Waals surface area contributed by atoms with Crippen LogP contribution in [0.5, 0.6) is 0 Å². The van der Waals surface area contributed by atoms with E-state index in [1.54, 1.807) is 19.1 Å². The molecule has 0 saturated carbocycles. The summed E-state index contributed by atoms with van der Waals surface area (Å²) in [6, 6.07) is 4.28. The normalized spacial score (nSPS) is 12.8. The van der Waals surface area contributed by atoms with Crippen molar-refractivity contribution in [1.29, 1.82) is 0 Å². The van der Waals surface area contributed by atoms with Crippen molar-refractivity contribution in [2.24, 2.45) is 5.73 Å². The molecular weight excluding hydrogens is 277 g/mol. The van der Waals surface area contributed by atoms with Crippen LogP contribution in [0.4, 0.5) is 4.39 Å². The van der Waals surface area contributed by atoms with Gasteiger partial charge in [0.25, 0.3) is 5.89 Å². The summed E-state index contributed by atoms with van der Waals surface area (Å²) in [6.07, 6.45) is 0. The fourth-order valence-electron chi connectivity index (χ4n) is 1.22. The highest BCUT2D eigenvalue weighted by molar-refractivity contribution is 9.10. The quantitative estimate of drug-likeness (QED) is 0.921. The first kappa shape index (κ1) is 11.2. The van der Waals surface area contributed by atoms with Crippen molar-refractivity contribution in [2.45, 2.75) is 13.0 Å². The van der Waals surface area contributed by atoms with Gasteiger partial charge in [0.2, 0.25) is 0 Å². The van der Waals surface area contributed by atoms with E-state index in [4.69, 9.17) is 10.3 Å². The summed E-state index contributed by atoms with van der Waals surface area (Å²) < 4.78 is 19.1. The highest BCUT2D eigenvalue weighted by Crippen LogP contribution is 2.29. The third kappa shape index (κ3) is 1.98. The molecule has 1 heterocycles. The smallest absolute Gasteiger partial charge is 0.262 e. The van der Waals surface area contributed by atoms with Crippen LogP contribution in [0.1, 0.15) is 18.8 Å². The van der Waals surface area contributed by atoms with Gasteiger partial charge in [0.1, 0.15) is 5.82 Å². The van der Waals surface area contributed by atoms with Crippen LogP contribution < -0.4 is 5.73 Å². The molecule has 2 N–H and O–H groups in total. The molecule has 2 rings (SSSR count). The molecule has 4 nitrogen and oxygen atoms in total. The molecule has 0 fully saturated rings. The summed E-state index contributed by atoms with van der Waals surface area (Å²) in [5, 5.41) is 3.68. The zero-order valence-electron chi connectivity index (χ0n) is 8.45. The fourth-order valence-corrected chi connectivity index (χ4v) is 1.74. The lowest BCUT2D eigenvalue weighted by molar-refractivity contribution is 0.416. The van der Waals surface area contributed by atoms with Crippen molar-refractivity contribution < 1.29 is 8.91 Å². The second-order valence-corrected chi connectivity index (χ2v) is 4.20. The third-order valence-corrected chi connectivity index (χ3v) is 2.69. The van der Waals surface area contributed by atoms with Crippen LogP contribution >= 0.6 is 15.9 Å². The third-order valence-electron chi connectivity index (χ3n) is 2.03. The van der Waals surface area contributed by atoms with Gasteiger partial charge in [-0.1, -0.05) is 11.2 Å². The van der Waals surface area contributed by atoms with Crippen molar-refractivity contribution >= 4 is 15.9 Å². The van der Waals surface area contributed by atoms with E-state index < -0.39 is 5.82 Å². The van der Waals surface area contributed by atoms with E-state index in [1.165, 1.54) is 6.07 Å². The van der Waals surface area contributed by atoms with E-state index in [0.717, 1.165) is 0 Å². The van der Waals surface area contributed by atoms with Gasteiger partial charge in [0.15, 0.2) is 5.82 Å². The first-order valence-corrected chi connectivity index (χ1v) is 5.42. The molecule has 1 atom stereocenters. The van der Waals surface area contributed by atoms with Crippen LogP contribution in [0.3, 0.4) is 0 Å². The Kier molecular flexibility index (Phi) is 3.02. The molecule has 16 heavy (non-hydrogen) atoms. The first-order valence-electron chi connectivity index (χ1n) is 4.63. The van der Waals surface area contributed by atoms with Crippen molar-refractivity contribution in [3.05, 3.63) is 34.3 Å². The number of rotatable bonds is 2. The lowest BCUT2D eigenvalue weighted by Crippen LogP contribution is -2.06. The summed E-state index contributed by atoms with van der Waals surface area (Å²) in [7, 11) is 0. The Labute approximate surface area is 99.8 Å². The van der Waals surface area contributed by atoms with E-state index >= 15 is 0 Å². The molecule has 2 aromatic rings. The van der Waals surface area contributed by atoms with E-state index in [2.05, 4.69) is 26.1 Å². The maximum Gasteiger partial charge on any atom is 0.262 e. The summed E-state index contributed by atoms with van der Waals surface area (Å²) >= 11 is 3.23. The number of aromatic nitrogens is 2. The molecule has 1 unspecified atom stereocenters. The fraction of sp³-hybridized carbons (Fsp3) is 0.200. The largest absolute Gasteiger partial charge is 0.334 e. The Bertz CT molecular complexity index is 492. The average Bonchev–Trinajstić information content (AvgIpc) is 2.66. The lowest BCUT2D eigenvalue weighted by atomic mass is 10.2. The minimum atomic E-state index is -0.422. The van der Waals surface area contributed by atoms with Gasteiger partial charge in [-0.05, 0) is 35.0 Å². The monoisotopic (exact) mass is 285 g/mol. The Morgan fingerprint density at radius 3 is 2.81 bits per heavy atom. The van der Waals surface area contributed by atoms with Gasteiger partial charge >= 0.3 is 0 Å². The summed E-state index contributed by atoms with van der Waals surface area (Å²) in [5.41, 5.74) is 5.84. The number of nitrogens with two attached hydrogens (primary N) is 1. The van der Waals surface area contributed by atoms with Crippen LogP contribution in [0.25, 0.3) is 11.5 Å². The van der Waals surface area contributed by atoms with Crippen LogP contribution in [-0.4, -0.2) is 10.1 Å². The van der Waals surface area contributed by atoms with E-state index in [9.17, 15) is 4.39 Å². The number of benzene rings is 1. The van der Waals surface area contributed by atoms with Crippen molar-refractivity contribution in [1.82, 2.24) is 10.1 Å². The van der Waals surface area contributed by atoms with Gasteiger partial charge in [-0.2, -0.15) is 4.98 Å². The van der Waals surface area contributed by atoms with Crippen LogP contribution in [0, 0.1) is 5.82 Å². The summed E-state index contributed by atoms with van der Waals surface area (Å²) in [4.78, 5) is 4.03. The van der Waals surface area contributed by atoms with Crippen molar-refractivity contribution in [3.63, 3.8) is 0 Å². The van der Waals surface area contributed by atoms with Gasteiger partial charge in [-0.25, -0.2) is 4.39 Å².